The van der Waals surface area contributed by atoms with Crippen molar-refractivity contribution in [1.82, 2.24) is 4.98 Å². The zero-order valence-corrected chi connectivity index (χ0v) is 14.7. The van der Waals surface area contributed by atoms with Crippen LogP contribution in [0, 0.1) is 0 Å². The molecule has 2 saturated heterocycles. The lowest BCUT2D eigenvalue weighted by molar-refractivity contribution is 0.0167. The van der Waals surface area contributed by atoms with E-state index in [1.165, 1.54) is 0 Å². The summed E-state index contributed by atoms with van der Waals surface area (Å²) in [7, 11) is -3.08. The molecule has 0 spiro atoms. The van der Waals surface area contributed by atoms with Crippen LogP contribution in [0.3, 0.4) is 0 Å². The average molecular weight is 359 g/mol. The molecule has 2 aliphatic rings. The molecule has 2 aliphatic heterocycles. The molecule has 2 aromatic rings. The van der Waals surface area contributed by atoms with Gasteiger partial charge in [-0.05, 0) is 37.3 Å². The van der Waals surface area contributed by atoms with E-state index in [0.29, 0.717) is 30.8 Å². The lowest BCUT2D eigenvalue weighted by atomic mass is 9.87. The quantitative estimate of drug-likeness (QED) is 0.908. The molecule has 4 rings (SSSR count). The molecular formula is C19H21NO4S. The fraction of sp³-hybridized carbons (Fsp3) is 0.421. The van der Waals surface area contributed by atoms with Crippen LogP contribution in [0.5, 0.6) is 5.75 Å². The number of nitrogens with zero attached hydrogens (tertiary/aromatic N) is 1. The molecule has 0 amide bonds. The normalized spacial score (nSPS) is 30.1. The van der Waals surface area contributed by atoms with Crippen molar-refractivity contribution in [3.05, 3.63) is 59.9 Å². The van der Waals surface area contributed by atoms with Gasteiger partial charge >= 0.3 is 0 Å². The Kier molecular flexibility index (Phi) is 4.04. The molecule has 2 atom stereocenters. The number of hydrogen-bond acceptors (Lipinski definition) is 5. The standard InChI is InChI=1S/C19H21NO4S/c21-19(9-17-6-7-18(10-19)25(17,22)23)15-8-16(12-20-11-15)24-13-14-4-2-1-3-5-14/h1-5,8,11-12,17-18,21H,6-7,9-10,13H2. The lowest BCUT2D eigenvalue weighted by Gasteiger charge is -2.36. The van der Waals surface area contributed by atoms with Gasteiger partial charge in [0.25, 0.3) is 0 Å². The smallest absolute Gasteiger partial charge is 0.156 e. The van der Waals surface area contributed by atoms with Crippen LogP contribution >= 0.6 is 0 Å². The highest BCUT2D eigenvalue weighted by molar-refractivity contribution is 7.93. The van der Waals surface area contributed by atoms with E-state index in [2.05, 4.69) is 4.98 Å². The number of pyridine rings is 1. The van der Waals surface area contributed by atoms with Crippen molar-refractivity contribution in [1.29, 1.82) is 0 Å². The minimum atomic E-state index is -3.08. The Bertz CT molecular complexity index is 846. The van der Waals surface area contributed by atoms with E-state index in [1.54, 1.807) is 18.5 Å². The molecule has 2 bridgehead atoms. The van der Waals surface area contributed by atoms with Crippen LogP contribution in [-0.2, 0) is 22.0 Å². The number of ether oxygens (including phenoxy) is 1. The summed E-state index contributed by atoms with van der Waals surface area (Å²) >= 11 is 0. The largest absolute Gasteiger partial charge is 0.487 e. The fourth-order valence-electron chi connectivity index (χ4n) is 3.97. The molecule has 6 heteroatoms. The Morgan fingerprint density at radius 3 is 2.48 bits per heavy atom. The van der Waals surface area contributed by atoms with E-state index in [9.17, 15) is 13.5 Å². The van der Waals surface area contributed by atoms with Crippen LogP contribution in [0.25, 0.3) is 0 Å². The Morgan fingerprint density at radius 2 is 1.80 bits per heavy atom. The van der Waals surface area contributed by atoms with Gasteiger partial charge in [-0.2, -0.15) is 0 Å². The second-order valence-electron chi connectivity index (χ2n) is 7.03. The van der Waals surface area contributed by atoms with Crippen LogP contribution in [-0.4, -0.2) is 29.0 Å². The van der Waals surface area contributed by atoms with Crippen molar-refractivity contribution < 1.29 is 18.3 Å². The highest BCUT2D eigenvalue weighted by Gasteiger charge is 2.53. The zero-order chi connectivity index (χ0) is 17.5. The monoisotopic (exact) mass is 359 g/mol. The fourth-order valence-corrected chi connectivity index (χ4v) is 6.46. The van der Waals surface area contributed by atoms with Crippen molar-refractivity contribution in [3.63, 3.8) is 0 Å². The maximum atomic E-state index is 12.3. The number of hydrogen-bond donors (Lipinski definition) is 1. The van der Waals surface area contributed by atoms with Gasteiger partial charge in [-0.1, -0.05) is 30.3 Å². The predicted octanol–water partition coefficient (Wildman–Crippen LogP) is 2.59. The van der Waals surface area contributed by atoms with Gasteiger partial charge in [0.05, 0.1) is 22.3 Å². The van der Waals surface area contributed by atoms with Gasteiger partial charge in [0.2, 0.25) is 0 Å². The Labute approximate surface area is 147 Å². The number of sulfone groups is 1. The molecule has 2 unspecified atom stereocenters. The minimum Gasteiger partial charge on any atom is -0.487 e. The second kappa shape index (κ2) is 6.11. The summed E-state index contributed by atoms with van der Waals surface area (Å²) < 4.78 is 30.3. The van der Waals surface area contributed by atoms with Crippen molar-refractivity contribution in [3.8, 4) is 5.75 Å². The Hall–Kier alpha value is -1.92. The first-order valence-corrected chi connectivity index (χ1v) is 10.2. The summed E-state index contributed by atoms with van der Waals surface area (Å²) in [5.74, 6) is 0.579. The summed E-state index contributed by atoms with van der Waals surface area (Å²) in [5, 5.41) is 10.2. The molecule has 25 heavy (non-hydrogen) atoms. The van der Waals surface area contributed by atoms with Crippen molar-refractivity contribution >= 4 is 9.84 Å². The molecule has 1 N–H and O–H groups in total. The minimum absolute atomic E-state index is 0.246. The van der Waals surface area contributed by atoms with Gasteiger partial charge in [-0.25, -0.2) is 8.42 Å². The number of aliphatic hydroxyl groups is 1. The van der Waals surface area contributed by atoms with Gasteiger partial charge in [0.1, 0.15) is 12.4 Å². The van der Waals surface area contributed by atoms with E-state index in [4.69, 9.17) is 4.74 Å². The molecule has 1 aromatic heterocycles. The summed E-state index contributed by atoms with van der Waals surface area (Å²) in [6, 6.07) is 11.6. The van der Waals surface area contributed by atoms with Crippen LogP contribution in [0.2, 0.25) is 0 Å². The molecule has 3 heterocycles. The number of benzene rings is 1. The van der Waals surface area contributed by atoms with Gasteiger partial charge < -0.3 is 9.84 Å². The first kappa shape index (κ1) is 16.5. The molecule has 132 valence electrons. The zero-order valence-electron chi connectivity index (χ0n) is 13.8. The highest BCUT2D eigenvalue weighted by atomic mass is 32.2. The van der Waals surface area contributed by atoms with Crippen molar-refractivity contribution in [2.45, 2.75) is 48.4 Å². The summed E-state index contributed by atoms with van der Waals surface area (Å²) in [5.41, 5.74) is 0.550. The Balaban J connectivity index is 1.53. The maximum Gasteiger partial charge on any atom is 0.156 e. The van der Waals surface area contributed by atoms with Crippen LogP contribution in [0.1, 0.15) is 36.8 Å². The van der Waals surface area contributed by atoms with Gasteiger partial charge in [0, 0.05) is 11.8 Å². The third-order valence-corrected chi connectivity index (χ3v) is 8.03. The van der Waals surface area contributed by atoms with Crippen LogP contribution < -0.4 is 4.74 Å². The lowest BCUT2D eigenvalue weighted by Crippen LogP contribution is -2.43. The van der Waals surface area contributed by atoms with Gasteiger partial charge in [-0.3, -0.25) is 4.98 Å². The van der Waals surface area contributed by atoms with E-state index in [0.717, 1.165) is 5.56 Å². The summed E-state index contributed by atoms with van der Waals surface area (Å²) in [4.78, 5) is 4.19. The Morgan fingerprint density at radius 1 is 1.12 bits per heavy atom. The molecule has 0 aliphatic carbocycles. The van der Waals surface area contributed by atoms with Gasteiger partial charge in [0.15, 0.2) is 9.84 Å². The molecular weight excluding hydrogens is 338 g/mol. The number of fused-ring (bicyclic) bond motifs is 2. The first-order valence-electron chi connectivity index (χ1n) is 8.55. The summed E-state index contributed by atoms with van der Waals surface area (Å²) in [6.45, 7) is 0.421. The van der Waals surface area contributed by atoms with E-state index in [1.807, 2.05) is 30.3 Å². The first-order chi connectivity index (χ1) is 12.0. The maximum absolute atomic E-state index is 12.3. The SMILES string of the molecule is O=S1(=O)C2CCC1CC(O)(c1cncc(OCc3ccccc3)c1)C2. The second-order valence-corrected chi connectivity index (χ2v) is 9.55. The van der Waals surface area contributed by atoms with Crippen LogP contribution in [0.4, 0.5) is 0 Å². The van der Waals surface area contributed by atoms with Crippen molar-refractivity contribution in [2.24, 2.45) is 0 Å². The highest BCUT2D eigenvalue weighted by Crippen LogP contribution is 2.47. The number of rotatable bonds is 4. The molecule has 0 saturated carbocycles. The number of aromatic nitrogens is 1. The van der Waals surface area contributed by atoms with E-state index >= 15 is 0 Å². The topological polar surface area (TPSA) is 76.5 Å². The van der Waals surface area contributed by atoms with Crippen LogP contribution in [0.15, 0.2) is 48.8 Å². The third-order valence-electron chi connectivity index (χ3n) is 5.37. The van der Waals surface area contributed by atoms with E-state index < -0.39 is 25.9 Å². The predicted molar refractivity (Wildman–Crippen MR) is 93.9 cm³/mol. The van der Waals surface area contributed by atoms with E-state index in [-0.39, 0.29) is 12.8 Å². The van der Waals surface area contributed by atoms with Gasteiger partial charge in [-0.15, -0.1) is 0 Å². The molecule has 1 aromatic carbocycles. The molecule has 5 nitrogen and oxygen atoms in total. The van der Waals surface area contributed by atoms with Crippen molar-refractivity contribution in [2.75, 3.05) is 0 Å². The molecule has 2 fully saturated rings. The summed E-state index contributed by atoms with van der Waals surface area (Å²) in [6.07, 6.45) is 5.02. The molecule has 0 radical (unpaired) electrons. The third kappa shape index (κ3) is 3.04. The average Bonchev–Trinajstić information content (AvgIpc) is 2.78.